The minimum absolute atomic E-state index is 0.0353. The number of aromatic nitrogens is 1. The van der Waals surface area contributed by atoms with Gasteiger partial charge < -0.3 is 20.8 Å². The zero-order valence-corrected chi connectivity index (χ0v) is 11.7. The monoisotopic (exact) mass is 275 g/mol. The van der Waals surface area contributed by atoms with Crippen molar-refractivity contribution >= 4 is 11.6 Å². The fraction of sp³-hybridized carbons (Fsp3) is 0.429. The average molecular weight is 275 g/mol. The molecule has 1 aliphatic heterocycles. The first-order valence-corrected chi connectivity index (χ1v) is 6.47. The van der Waals surface area contributed by atoms with Gasteiger partial charge in [-0.1, -0.05) is 0 Å². The molecule has 106 valence electrons. The van der Waals surface area contributed by atoms with Gasteiger partial charge in [0.05, 0.1) is 23.0 Å². The van der Waals surface area contributed by atoms with Crippen LogP contribution >= 0.6 is 0 Å². The summed E-state index contributed by atoms with van der Waals surface area (Å²) in [5.74, 6) is -0.477. The molecule has 2 heterocycles. The lowest BCUT2D eigenvalue weighted by Gasteiger charge is -2.17. The molecule has 0 amide bonds. The lowest BCUT2D eigenvalue weighted by Crippen LogP contribution is -2.30. The summed E-state index contributed by atoms with van der Waals surface area (Å²) in [6, 6.07) is -0.217. The van der Waals surface area contributed by atoms with Crippen molar-refractivity contribution in [2.45, 2.75) is 32.5 Å². The van der Waals surface area contributed by atoms with Crippen molar-refractivity contribution < 1.29 is 14.3 Å². The standard InChI is InChI=1S/C14H17N3O3/c1-5-8-11(12(18)6(2)9(16)13(8)19)17-4-7(15)14(20-3)10(5)17/h7,14H,4,15-16H2,1-3H3/t7-,14+/m0/s1. The van der Waals surface area contributed by atoms with E-state index in [9.17, 15) is 9.59 Å². The second-order valence-electron chi connectivity index (χ2n) is 5.36. The van der Waals surface area contributed by atoms with Crippen LogP contribution in [-0.4, -0.2) is 29.3 Å². The number of hydrogen-bond acceptors (Lipinski definition) is 5. The summed E-state index contributed by atoms with van der Waals surface area (Å²) in [4.78, 5) is 24.8. The van der Waals surface area contributed by atoms with Gasteiger partial charge in [-0.15, -0.1) is 0 Å². The predicted molar refractivity (Wildman–Crippen MR) is 72.4 cm³/mol. The van der Waals surface area contributed by atoms with Crippen LogP contribution in [0.2, 0.25) is 0 Å². The van der Waals surface area contributed by atoms with Crippen LogP contribution in [0.25, 0.3) is 0 Å². The summed E-state index contributed by atoms with van der Waals surface area (Å²) >= 11 is 0. The number of carbonyl (C=O) groups excluding carboxylic acids is 2. The molecule has 0 aromatic carbocycles. The molecule has 4 N–H and O–H groups in total. The van der Waals surface area contributed by atoms with Crippen LogP contribution < -0.4 is 11.5 Å². The molecule has 20 heavy (non-hydrogen) atoms. The largest absolute Gasteiger partial charge is 0.395 e. The molecule has 2 aliphatic rings. The normalized spacial score (nSPS) is 25.2. The minimum Gasteiger partial charge on any atom is -0.395 e. The van der Waals surface area contributed by atoms with Gasteiger partial charge in [-0.25, -0.2) is 0 Å². The first kappa shape index (κ1) is 13.1. The number of methoxy groups -OCH3 is 1. The molecule has 3 rings (SSSR count). The molecule has 1 aromatic heterocycles. The molecule has 1 aromatic rings. The fourth-order valence-electron chi connectivity index (χ4n) is 3.23. The Bertz CT molecular complexity index is 684. The van der Waals surface area contributed by atoms with Gasteiger partial charge in [0.2, 0.25) is 11.6 Å². The molecular formula is C14H17N3O3. The SMILES string of the molecule is CO[C@H]1c2c(C)c3c(n2C[C@@H]1N)C(=O)C(C)=C(N)C3=O. The maximum atomic E-state index is 12.5. The van der Waals surface area contributed by atoms with Gasteiger partial charge in [0.1, 0.15) is 11.8 Å². The Morgan fingerprint density at radius 1 is 1.25 bits per heavy atom. The zero-order valence-electron chi connectivity index (χ0n) is 11.7. The number of carbonyl (C=O) groups is 2. The number of ether oxygens (including phenoxy) is 1. The van der Waals surface area contributed by atoms with Gasteiger partial charge in [0.15, 0.2) is 0 Å². The highest BCUT2D eigenvalue weighted by Gasteiger charge is 2.42. The van der Waals surface area contributed by atoms with Gasteiger partial charge >= 0.3 is 0 Å². The van der Waals surface area contributed by atoms with E-state index in [1.165, 1.54) is 0 Å². The first-order chi connectivity index (χ1) is 9.40. The van der Waals surface area contributed by atoms with E-state index in [2.05, 4.69) is 0 Å². The van der Waals surface area contributed by atoms with Crippen LogP contribution in [0.5, 0.6) is 0 Å². The van der Waals surface area contributed by atoms with Crippen molar-refractivity contribution in [3.8, 4) is 0 Å². The van der Waals surface area contributed by atoms with Gasteiger partial charge in [-0.3, -0.25) is 9.59 Å². The van der Waals surface area contributed by atoms with Crippen molar-refractivity contribution in [3.05, 3.63) is 33.8 Å². The van der Waals surface area contributed by atoms with E-state index in [-0.39, 0.29) is 29.4 Å². The molecule has 0 radical (unpaired) electrons. The van der Waals surface area contributed by atoms with Gasteiger partial charge in [0, 0.05) is 19.2 Å². The van der Waals surface area contributed by atoms with Crippen molar-refractivity contribution in [1.29, 1.82) is 0 Å². The molecule has 0 unspecified atom stereocenters. The van der Waals surface area contributed by atoms with Crippen molar-refractivity contribution in [2.75, 3.05) is 7.11 Å². The lowest BCUT2D eigenvalue weighted by molar-refractivity contribution is 0.0895. The van der Waals surface area contributed by atoms with Crippen LogP contribution in [0.3, 0.4) is 0 Å². The summed E-state index contributed by atoms with van der Waals surface area (Å²) in [6.07, 6.45) is -0.303. The zero-order chi connectivity index (χ0) is 14.8. The maximum absolute atomic E-state index is 12.5. The van der Waals surface area contributed by atoms with E-state index < -0.39 is 0 Å². The third kappa shape index (κ3) is 1.35. The van der Waals surface area contributed by atoms with Crippen molar-refractivity contribution in [1.82, 2.24) is 4.57 Å². The third-order valence-corrected chi connectivity index (χ3v) is 4.29. The number of rotatable bonds is 1. The topological polar surface area (TPSA) is 100 Å². The molecule has 0 bridgehead atoms. The molecule has 0 saturated heterocycles. The highest BCUT2D eigenvalue weighted by molar-refractivity contribution is 6.26. The summed E-state index contributed by atoms with van der Waals surface area (Å²) < 4.78 is 7.24. The van der Waals surface area contributed by atoms with Crippen LogP contribution in [0.4, 0.5) is 0 Å². The van der Waals surface area contributed by atoms with Crippen molar-refractivity contribution in [3.63, 3.8) is 0 Å². The summed E-state index contributed by atoms with van der Waals surface area (Å²) in [5.41, 5.74) is 14.5. The number of hydrogen-bond donors (Lipinski definition) is 2. The Kier molecular flexibility index (Phi) is 2.64. The molecule has 0 fully saturated rings. The number of ketones is 2. The molecule has 6 heteroatoms. The Labute approximate surface area is 116 Å². The molecule has 2 atom stereocenters. The molecule has 0 spiro atoms. The Balaban J connectivity index is 2.31. The van der Waals surface area contributed by atoms with E-state index in [1.807, 2.05) is 11.5 Å². The van der Waals surface area contributed by atoms with E-state index in [0.29, 0.717) is 23.4 Å². The lowest BCUT2D eigenvalue weighted by atomic mass is 9.90. The van der Waals surface area contributed by atoms with Gasteiger partial charge in [0.25, 0.3) is 0 Å². The van der Waals surface area contributed by atoms with Crippen molar-refractivity contribution in [2.24, 2.45) is 11.5 Å². The number of allylic oxidation sites excluding steroid dienone is 2. The van der Waals surface area contributed by atoms with Gasteiger partial charge in [-0.2, -0.15) is 0 Å². The summed E-state index contributed by atoms with van der Waals surface area (Å²) in [6.45, 7) is 3.86. The summed E-state index contributed by atoms with van der Waals surface area (Å²) in [7, 11) is 1.58. The Morgan fingerprint density at radius 3 is 2.50 bits per heavy atom. The Morgan fingerprint density at radius 2 is 1.90 bits per heavy atom. The second kappa shape index (κ2) is 4.04. The minimum atomic E-state index is -0.303. The van der Waals surface area contributed by atoms with Crippen LogP contribution in [-0.2, 0) is 11.3 Å². The average Bonchev–Trinajstić information content (AvgIpc) is 2.88. The van der Waals surface area contributed by atoms with Gasteiger partial charge in [-0.05, 0) is 19.4 Å². The number of fused-ring (bicyclic) bond motifs is 3. The number of nitrogens with zero attached hydrogens (tertiary/aromatic N) is 1. The smallest absolute Gasteiger partial charge is 0.211 e. The quantitative estimate of drug-likeness (QED) is 0.774. The predicted octanol–water partition coefficient (Wildman–Crippen LogP) is 0.437. The molecule has 0 saturated carbocycles. The van der Waals surface area contributed by atoms with Crippen LogP contribution in [0.15, 0.2) is 11.3 Å². The molecule has 1 aliphatic carbocycles. The van der Waals surface area contributed by atoms with Crippen LogP contribution in [0.1, 0.15) is 45.1 Å². The number of nitrogens with two attached hydrogens (primary N) is 2. The summed E-state index contributed by atoms with van der Waals surface area (Å²) in [5, 5.41) is 0. The fourth-order valence-corrected chi connectivity index (χ4v) is 3.23. The third-order valence-electron chi connectivity index (χ3n) is 4.29. The van der Waals surface area contributed by atoms with E-state index in [0.717, 1.165) is 11.3 Å². The van der Waals surface area contributed by atoms with Crippen LogP contribution in [0, 0.1) is 6.92 Å². The van der Waals surface area contributed by atoms with E-state index >= 15 is 0 Å². The highest BCUT2D eigenvalue weighted by Crippen LogP contribution is 2.39. The second-order valence-corrected chi connectivity index (χ2v) is 5.36. The van der Waals surface area contributed by atoms with E-state index in [1.54, 1.807) is 14.0 Å². The maximum Gasteiger partial charge on any atom is 0.211 e. The highest BCUT2D eigenvalue weighted by atomic mass is 16.5. The number of Topliss-reactive ketones (excluding diaryl/α,β-unsaturated/α-hetero) is 2. The van der Waals surface area contributed by atoms with E-state index in [4.69, 9.17) is 16.2 Å². The Hall–Kier alpha value is -1.92. The molecule has 6 nitrogen and oxygen atoms in total. The first-order valence-electron chi connectivity index (χ1n) is 6.47. The molecular weight excluding hydrogens is 258 g/mol.